The number of hydrogen-bond donors (Lipinski definition) is 1. The summed E-state index contributed by atoms with van der Waals surface area (Å²) >= 11 is 7.20. The van der Waals surface area contributed by atoms with Crippen LogP contribution in [-0.2, 0) is 11.4 Å². The Morgan fingerprint density at radius 1 is 0.935 bits per heavy atom. The van der Waals surface area contributed by atoms with Gasteiger partial charge in [-0.2, -0.15) is 0 Å². The molecular weight excluding hydrogens is 432 g/mol. The van der Waals surface area contributed by atoms with Crippen molar-refractivity contribution in [1.82, 2.24) is 14.8 Å². The molecule has 0 saturated heterocycles. The van der Waals surface area contributed by atoms with Crippen LogP contribution < -0.4 is 10.1 Å². The van der Waals surface area contributed by atoms with Gasteiger partial charge in [0.25, 0.3) is 0 Å². The second-order valence-corrected chi connectivity index (χ2v) is 7.89. The third kappa shape index (κ3) is 5.65. The fraction of sp³-hybridized carbons (Fsp3) is 0.0870. The highest BCUT2D eigenvalue weighted by Crippen LogP contribution is 2.23. The van der Waals surface area contributed by atoms with E-state index >= 15 is 0 Å². The van der Waals surface area contributed by atoms with E-state index in [-0.39, 0.29) is 18.3 Å². The molecule has 0 unspecified atom stereocenters. The Hall–Kier alpha value is -3.29. The highest BCUT2D eigenvalue weighted by molar-refractivity contribution is 7.99. The van der Waals surface area contributed by atoms with Gasteiger partial charge >= 0.3 is 0 Å². The first kappa shape index (κ1) is 21.0. The summed E-state index contributed by atoms with van der Waals surface area (Å²) < 4.78 is 7.77. The Balaban J connectivity index is 1.48. The molecule has 0 aliphatic rings. The Morgan fingerprint density at radius 3 is 2.32 bits per heavy atom. The Bertz CT molecular complexity index is 1140. The van der Waals surface area contributed by atoms with Crippen molar-refractivity contribution in [1.29, 1.82) is 0 Å². The molecule has 1 N–H and O–H groups in total. The summed E-state index contributed by atoms with van der Waals surface area (Å²) in [6.45, 7) is 0.253. The van der Waals surface area contributed by atoms with E-state index in [0.29, 0.717) is 21.7 Å². The first-order valence-electron chi connectivity index (χ1n) is 9.55. The van der Waals surface area contributed by atoms with Crippen LogP contribution in [0.4, 0.5) is 5.69 Å². The predicted octanol–water partition coefficient (Wildman–Crippen LogP) is 5.23. The number of amides is 1. The number of nitrogens with zero attached hydrogens (tertiary/aromatic N) is 3. The average Bonchev–Trinajstić information content (AvgIpc) is 3.22. The second-order valence-electron chi connectivity index (χ2n) is 6.52. The number of carbonyl (C=O) groups excluding carboxylic acids is 1. The van der Waals surface area contributed by atoms with Gasteiger partial charge in [-0.05, 0) is 48.5 Å². The van der Waals surface area contributed by atoms with E-state index in [1.54, 1.807) is 24.3 Å². The summed E-state index contributed by atoms with van der Waals surface area (Å²) in [7, 11) is 0. The van der Waals surface area contributed by atoms with Crippen LogP contribution in [0.3, 0.4) is 0 Å². The van der Waals surface area contributed by atoms with Crippen LogP contribution in [0.15, 0.2) is 90.1 Å². The SMILES string of the molecule is O=C(CSc1nnc(COc2ccccc2)n1-c1ccccc1)Nc1ccc(Cl)cc1. The van der Waals surface area contributed by atoms with Gasteiger partial charge in [-0.15, -0.1) is 10.2 Å². The molecule has 8 heteroatoms. The highest BCUT2D eigenvalue weighted by atomic mass is 35.5. The second kappa shape index (κ2) is 10.1. The number of ether oxygens (including phenoxy) is 1. The Labute approximate surface area is 189 Å². The fourth-order valence-corrected chi connectivity index (χ4v) is 3.75. The third-order valence-corrected chi connectivity index (χ3v) is 5.47. The van der Waals surface area contributed by atoms with Crippen molar-refractivity contribution in [3.8, 4) is 11.4 Å². The lowest BCUT2D eigenvalue weighted by molar-refractivity contribution is -0.113. The molecule has 0 bridgehead atoms. The van der Waals surface area contributed by atoms with E-state index in [2.05, 4.69) is 15.5 Å². The lowest BCUT2D eigenvalue weighted by Crippen LogP contribution is -2.14. The predicted molar refractivity (Wildman–Crippen MR) is 123 cm³/mol. The molecule has 4 aromatic rings. The molecule has 0 spiro atoms. The van der Waals surface area contributed by atoms with Gasteiger partial charge in [-0.3, -0.25) is 9.36 Å². The number of anilines is 1. The maximum Gasteiger partial charge on any atom is 0.234 e. The van der Waals surface area contributed by atoms with Crippen LogP contribution in [0.5, 0.6) is 5.75 Å². The summed E-state index contributed by atoms with van der Waals surface area (Å²) in [5, 5.41) is 12.7. The first-order valence-corrected chi connectivity index (χ1v) is 10.9. The number of para-hydroxylation sites is 2. The summed E-state index contributed by atoms with van der Waals surface area (Å²) in [5.74, 6) is 1.45. The summed E-state index contributed by atoms with van der Waals surface area (Å²) in [6, 6.07) is 26.3. The molecule has 156 valence electrons. The molecule has 4 rings (SSSR count). The van der Waals surface area contributed by atoms with Gasteiger partial charge in [0, 0.05) is 16.4 Å². The molecule has 0 aliphatic carbocycles. The number of aromatic nitrogens is 3. The van der Waals surface area contributed by atoms with Crippen molar-refractivity contribution in [2.45, 2.75) is 11.8 Å². The zero-order valence-corrected chi connectivity index (χ0v) is 18.0. The van der Waals surface area contributed by atoms with Crippen LogP contribution in [0.1, 0.15) is 5.82 Å². The van der Waals surface area contributed by atoms with Gasteiger partial charge < -0.3 is 10.1 Å². The molecule has 0 atom stereocenters. The molecular formula is C23H19ClN4O2S. The first-order chi connectivity index (χ1) is 15.2. The smallest absolute Gasteiger partial charge is 0.234 e. The maximum absolute atomic E-state index is 12.4. The Kier molecular flexibility index (Phi) is 6.86. The van der Waals surface area contributed by atoms with Gasteiger partial charge in [0.15, 0.2) is 11.0 Å². The molecule has 1 aromatic heterocycles. The van der Waals surface area contributed by atoms with E-state index < -0.39 is 0 Å². The fourth-order valence-electron chi connectivity index (χ4n) is 2.85. The van der Waals surface area contributed by atoms with E-state index in [1.807, 2.05) is 65.2 Å². The molecule has 0 saturated carbocycles. The van der Waals surface area contributed by atoms with E-state index in [4.69, 9.17) is 16.3 Å². The number of thioether (sulfide) groups is 1. The number of rotatable bonds is 8. The zero-order valence-electron chi connectivity index (χ0n) is 16.4. The summed E-state index contributed by atoms with van der Waals surface area (Å²) in [5.41, 5.74) is 1.59. The summed E-state index contributed by atoms with van der Waals surface area (Å²) in [4.78, 5) is 12.4. The summed E-state index contributed by atoms with van der Waals surface area (Å²) in [6.07, 6.45) is 0. The van der Waals surface area contributed by atoms with Gasteiger partial charge in [0.2, 0.25) is 5.91 Å². The topological polar surface area (TPSA) is 69.0 Å². The minimum absolute atomic E-state index is 0.142. The van der Waals surface area contributed by atoms with Gasteiger partial charge in [-0.25, -0.2) is 0 Å². The average molecular weight is 451 g/mol. The minimum Gasteiger partial charge on any atom is -0.486 e. The van der Waals surface area contributed by atoms with E-state index in [1.165, 1.54) is 11.8 Å². The molecule has 1 amide bonds. The van der Waals surface area contributed by atoms with E-state index in [9.17, 15) is 4.79 Å². The van der Waals surface area contributed by atoms with Crippen molar-refractivity contribution in [2.75, 3.05) is 11.1 Å². The number of nitrogens with one attached hydrogen (secondary N) is 1. The maximum atomic E-state index is 12.4. The molecule has 1 heterocycles. The van der Waals surface area contributed by atoms with Crippen LogP contribution in [0, 0.1) is 0 Å². The third-order valence-electron chi connectivity index (χ3n) is 4.29. The van der Waals surface area contributed by atoms with Crippen LogP contribution in [-0.4, -0.2) is 26.4 Å². The molecule has 31 heavy (non-hydrogen) atoms. The molecule has 0 fully saturated rings. The Morgan fingerprint density at radius 2 is 1.61 bits per heavy atom. The molecule has 0 aliphatic heterocycles. The minimum atomic E-state index is -0.142. The van der Waals surface area contributed by atoms with Crippen LogP contribution >= 0.6 is 23.4 Å². The zero-order chi connectivity index (χ0) is 21.5. The van der Waals surface area contributed by atoms with E-state index in [0.717, 1.165) is 11.4 Å². The van der Waals surface area contributed by atoms with Crippen molar-refractivity contribution >= 4 is 35.0 Å². The lowest BCUT2D eigenvalue weighted by atomic mass is 10.3. The van der Waals surface area contributed by atoms with Crippen molar-refractivity contribution in [3.63, 3.8) is 0 Å². The van der Waals surface area contributed by atoms with Gasteiger partial charge in [0.05, 0.1) is 5.75 Å². The van der Waals surface area contributed by atoms with Gasteiger partial charge in [0.1, 0.15) is 12.4 Å². The highest BCUT2D eigenvalue weighted by Gasteiger charge is 2.16. The molecule has 0 radical (unpaired) electrons. The van der Waals surface area contributed by atoms with Crippen LogP contribution in [0.25, 0.3) is 5.69 Å². The standard InChI is InChI=1S/C23H19ClN4O2S/c24-17-11-13-18(14-12-17)25-22(29)16-31-23-27-26-21(15-30-20-9-5-2-6-10-20)28(23)19-7-3-1-4-8-19/h1-14H,15-16H2,(H,25,29). The largest absolute Gasteiger partial charge is 0.486 e. The van der Waals surface area contributed by atoms with Gasteiger partial charge in [-0.1, -0.05) is 59.8 Å². The quantitative estimate of drug-likeness (QED) is 0.372. The lowest BCUT2D eigenvalue weighted by Gasteiger charge is -2.11. The normalized spacial score (nSPS) is 10.6. The van der Waals surface area contributed by atoms with Crippen molar-refractivity contribution in [3.05, 3.63) is 95.8 Å². The molecule has 6 nitrogen and oxygen atoms in total. The number of hydrogen-bond acceptors (Lipinski definition) is 5. The number of benzene rings is 3. The van der Waals surface area contributed by atoms with Crippen molar-refractivity contribution < 1.29 is 9.53 Å². The molecule has 3 aromatic carbocycles. The number of halogens is 1. The van der Waals surface area contributed by atoms with Crippen molar-refractivity contribution in [2.24, 2.45) is 0 Å². The monoisotopic (exact) mass is 450 g/mol. The number of carbonyl (C=O) groups is 1. The van der Waals surface area contributed by atoms with Crippen LogP contribution in [0.2, 0.25) is 5.02 Å².